The smallest absolute Gasteiger partial charge is 0.273 e. The van der Waals surface area contributed by atoms with Gasteiger partial charge in [0.1, 0.15) is 23.3 Å². The molecule has 5 nitrogen and oxygen atoms in total. The molecule has 0 N–H and O–H groups in total. The normalized spacial score (nSPS) is 15.2. The number of rotatable bonds is 0. The van der Waals surface area contributed by atoms with Crippen molar-refractivity contribution in [3.05, 3.63) is 138 Å². The quantitative estimate of drug-likeness (QED) is 0.162. The molecule has 5 aromatic rings. The molecule has 0 fully saturated rings. The van der Waals surface area contributed by atoms with Gasteiger partial charge in [-0.15, -0.1) is 0 Å². The Balaban J connectivity index is 1.74. The summed E-state index contributed by atoms with van der Waals surface area (Å²) in [6.45, 7) is 0. The van der Waals surface area contributed by atoms with Crippen LogP contribution in [0.4, 0.5) is 17.6 Å². The highest BCUT2D eigenvalue weighted by molar-refractivity contribution is 5.87. The Bertz CT molecular complexity index is 1820. The molecule has 0 saturated heterocycles. The Morgan fingerprint density at radius 1 is 0.575 bits per heavy atom. The van der Waals surface area contributed by atoms with Gasteiger partial charge in [-0.05, 0) is 55.2 Å². The molecule has 1 spiro atoms. The van der Waals surface area contributed by atoms with Crippen molar-refractivity contribution in [2.75, 3.05) is 0 Å². The van der Waals surface area contributed by atoms with Gasteiger partial charge in [0.15, 0.2) is 18.6 Å². The largest absolute Gasteiger partial charge is 0.750 e. The van der Waals surface area contributed by atoms with Crippen LogP contribution in [0.15, 0.2) is 97.5 Å². The van der Waals surface area contributed by atoms with E-state index < -0.39 is 35.2 Å². The van der Waals surface area contributed by atoms with E-state index in [0.717, 1.165) is 24.3 Å². The summed E-state index contributed by atoms with van der Waals surface area (Å²) in [4.78, 5) is 13.4. The third-order valence-corrected chi connectivity index (χ3v) is 7.09. The standard InChI is InChI=1S/C31H18F4N3O2/c32-21-15-19-10-11-20-16-22(33)18-24(35)29(20)26-8-2-5-13-37(26)31(38-14-6-3-9-27(38)30(39)40-31)36-12-4-1-7-25(36)28(19)23(34)17-21/h1-18H/q+3/b11-10-. The molecule has 0 unspecified atom stereocenters. The molecule has 0 atom stereocenters. The number of aromatic nitrogens is 3. The van der Waals surface area contributed by atoms with Crippen LogP contribution in [0.5, 0.6) is 0 Å². The lowest BCUT2D eigenvalue weighted by Crippen LogP contribution is -2.87. The van der Waals surface area contributed by atoms with Crippen LogP contribution in [-0.4, -0.2) is 5.97 Å². The molecule has 194 valence electrons. The highest BCUT2D eigenvalue weighted by Gasteiger charge is 2.74. The fourth-order valence-electron chi connectivity index (χ4n) is 5.51. The van der Waals surface area contributed by atoms with E-state index in [1.54, 1.807) is 77.8 Å². The number of carbonyl (C=O) groups is 1. The second-order valence-corrected chi connectivity index (χ2v) is 9.37. The molecule has 7 rings (SSSR count). The van der Waals surface area contributed by atoms with Crippen molar-refractivity contribution in [1.82, 2.24) is 0 Å². The van der Waals surface area contributed by atoms with E-state index in [-0.39, 0.29) is 39.3 Å². The lowest BCUT2D eigenvalue weighted by molar-refractivity contribution is -1.20. The number of esters is 1. The minimum Gasteiger partial charge on any atom is -0.273 e. The average Bonchev–Trinajstić information content (AvgIpc) is 3.23. The third kappa shape index (κ3) is 3.34. The van der Waals surface area contributed by atoms with Crippen LogP contribution in [0.3, 0.4) is 0 Å². The Morgan fingerprint density at radius 3 is 1.48 bits per heavy atom. The van der Waals surface area contributed by atoms with E-state index in [2.05, 4.69) is 0 Å². The van der Waals surface area contributed by atoms with Gasteiger partial charge in [-0.3, -0.25) is 4.74 Å². The zero-order chi connectivity index (χ0) is 27.6. The minimum atomic E-state index is -1.89. The van der Waals surface area contributed by atoms with Crippen LogP contribution in [0.1, 0.15) is 21.6 Å². The third-order valence-electron chi connectivity index (χ3n) is 7.09. The molecule has 0 saturated carbocycles. The molecular weight excluding hydrogens is 522 g/mol. The molecule has 40 heavy (non-hydrogen) atoms. The van der Waals surface area contributed by atoms with Crippen LogP contribution < -0.4 is 13.7 Å². The predicted molar refractivity (Wildman–Crippen MR) is 134 cm³/mol. The monoisotopic (exact) mass is 540 g/mol. The summed E-state index contributed by atoms with van der Waals surface area (Å²) in [6.07, 6.45) is 7.62. The number of benzene rings is 2. The van der Waals surface area contributed by atoms with Gasteiger partial charge < -0.3 is 0 Å². The van der Waals surface area contributed by atoms with Gasteiger partial charge in [-0.2, -0.15) is 0 Å². The summed E-state index contributed by atoms with van der Waals surface area (Å²) in [5.41, 5.74) is 0.866. The molecule has 0 amide bonds. The van der Waals surface area contributed by atoms with Crippen LogP contribution in [-0.2, 0) is 10.7 Å². The molecule has 2 aliphatic heterocycles. The minimum absolute atomic E-state index is 0.00272. The van der Waals surface area contributed by atoms with Gasteiger partial charge in [-0.1, -0.05) is 12.2 Å². The van der Waals surface area contributed by atoms with Crippen LogP contribution >= 0.6 is 0 Å². The van der Waals surface area contributed by atoms with Gasteiger partial charge in [0.25, 0.3) is 0 Å². The van der Waals surface area contributed by atoms with Gasteiger partial charge in [0.05, 0.1) is 11.1 Å². The first kappa shape index (κ1) is 23.9. The zero-order valence-corrected chi connectivity index (χ0v) is 20.6. The second-order valence-electron chi connectivity index (χ2n) is 9.37. The SMILES string of the molecule is O=C1OC2([n+]3ccccc31)[n+]1ccccc1-c1c(F)cc(F)cc1/C=C\c1cc(F)cc(F)c1-c1cccc[n+]12. The van der Waals surface area contributed by atoms with Gasteiger partial charge in [0, 0.05) is 48.5 Å². The lowest BCUT2D eigenvalue weighted by atomic mass is 9.98. The summed E-state index contributed by atoms with van der Waals surface area (Å²) < 4.78 is 71.3. The molecule has 0 aliphatic carbocycles. The Hall–Kier alpha value is -5.18. The van der Waals surface area contributed by atoms with Gasteiger partial charge in [-0.25, -0.2) is 22.4 Å². The number of fused-ring (bicyclic) bond motifs is 10. The number of carbonyl (C=O) groups excluding carboxylic acids is 1. The average molecular weight is 540 g/mol. The Morgan fingerprint density at radius 2 is 1.00 bits per heavy atom. The van der Waals surface area contributed by atoms with E-state index >= 15 is 8.78 Å². The molecule has 5 heterocycles. The summed E-state index contributed by atoms with van der Waals surface area (Å²) in [7, 11) is 0. The van der Waals surface area contributed by atoms with Gasteiger partial charge >= 0.3 is 17.6 Å². The first-order valence-corrected chi connectivity index (χ1v) is 12.3. The van der Waals surface area contributed by atoms with E-state index in [9.17, 15) is 13.6 Å². The number of pyridine rings is 3. The molecule has 9 heteroatoms. The topological polar surface area (TPSA) is 37.9 Å². The fraction of sp³-hybridized carbons (Fsp3) is 0.0323. The highest BCUT2D eigenvalue weighted by Crippen LogP contribution is 2.34. The van der Waals surface area contributed by atoms with Gasteiger partial charge in [0.2, 0.25) is 11.4 Å². The Kier molecular flexibility index (Phi) is 5.18. The Labute approximate surface area is 225 Å². The second kappa shape index (κ2) is 8.67. The number of ether oxygens (including phenoxy) is 1. The summed E-state index contributed by atoms with van der Waals surface area (Å²) in [5.74, 6) is -5.98. The number of nitrogens with zero attached hydrogens (tertiary/aromatic N) is 3. The van der Waals surface area contributed by atoms with E-state index in [4.69, 9.17) is 4.74 Å². The molecule has 3 aromatic heterocycles. The van der Waals surface area contributed by atoms with Crippen LogP contribution in [0, 0.1) is 23.3 Å². The van der Waals surface area contributed by atoms with Crippen LogP contribution in [0.25, 0.3) is 34.7 Å². The summed E-state index contributed by atoms with van der Waals surface area (Å²) in [5, 5.41) is 0. The van der Waals surface area contributed by atoms with Crippen molar-refractivity contribution in [2.24, 2.45) is 0 Å². The van der Waals surface area contributed by atoms with Crippen molar-refractivity contribution in [2.45, 2.75) is 5.97 Å². The summed E-state index contributed by atoms with van der Waals surface area (Å²) >= 11 is 0. The van der Waals surface area contributed by atoms with E-state index in [1.165, 1.54) is 21.3 Å². The van der Waals surface area contributed by atoms with Crippen molar-refractivity contribution >= 4 is 18.1 Å². The van der Waals surface area contributed by atoms with Crippen LogP contribution in [0.2, 0.25) is 0 Å². The van der Waals surface area contributed by atoms with Crippen molar-refractivity contribution in [3.63, 3.8) is 0 Å². The number of hydrogen-bond acceptors (Lipinski definition) is 2. The van der Waals surface area contributed by atoms with E-state index in [0.29, 0.717) is 0 Å². The number of halogens is 4. The van der Waals surface area contributed by atoms with Crippen molar-refractivity contribution in [3.8, 4) is 22.5 Å². The molecule has 0 bridgehead atoms. The lowest BCUT2D eigenvalue weighted by Gasteiger charge is -2.16. The van der Waals surface area contributed by atoms with E-state index in [1.807, 2.05) is 0 Å². The molecule has 0 radical (unpaired) electrons. The zero-order valence-electron chi connectivity index (χ0n) is 20.6. The molecular formula is C31H18F4N3O2+3. The maximum atomic E-state index is 15.7. The summed E-state index contributed by atoms with van der Waals surface area (Å²) in [6, 6.07) is 18.6. The highest BCUT2D eigenvalue weighted by atomic mass is 19.1. The maximum Gasteiger partial charge on any atom is 0.750 e. The first-order valence-electron chi connectivity index (χ1n) is 12.3. The first-order chi connectivity index (χ1) is 19.4. The fourth-order valence-corrected chi connectivity index (χ4v) is 5.51. The van der Waals surface area contributed by atoms with Crippen molar-refractivity contribution in [1.29, 1.82) is 0 Å². The molecule has 2 aliphatic rings. The predicted octanol–water partition coefficient (Wildman–Crippen LogP) is 4.76. The number of hydrogen-bond donors (Lipinski definition) is 0. The van der Waals surface area contributed by atoms with Crippen molar-refractivity contribution < 1.29 is 40.8 Å². The molecule has 2 aromatic carbocycles. The maximum absolute atomic E-state index is 15.7.